The highest BCUT2D eigenvalue weighted by atomic mass is 19.1. The first-order valence-corrected chi connectivity index (χ1v) is 8.24. The highest BCUT2D eigenvalue weighted by Crippen LogP contribution is 2.29. The number of anilines is 1. The number of carbonyl (C=O) groups excluding carboxylic acids is 2. The van der Waals surface area contributed by atoms with E-state index in [-0.39, 0.29) is 24.7 Å². The number of amides is 2. The van der Waals surface area contributed by atoms with E-state index in [1.165, 1.54) is 4.90 Å². The number of aliphatic hydroxyl groups is 1. The lowest BCUT2D eigenvalue weighted by Gasteiger charge is -2.38. The van der Waals surface area contributed by atoms with Crippen molar-refractivity contribution in [2.24, 2.45) is 0 Å². The predicted molar refractivity (Wildman–Crippen MR) is 93.1 cm³/mol. The molecule has 0 saturated carbocycles. The number of hydrogen-bond donors (Lipinski definition) is 2. The fourth-order valence-corrected chi connectivity index (χ4v) is 2.94. The Balaban J connectivity index is 1.73. The van der Waals surface area contributed by atoms with Crippen LogP contribution in [0.5, 0.6) is 0 Å². The molecule has 27 heavy (non-hydrogen) atoms. The van der Waals surface area contributed by atoms with Gasteiger partial charge in [0.25, 0.3) is 5.91 Å². The van der Waals surface area contributed by atoms with E-state index >= 15 is 0 Å². The molecule has 1 saturated heterocycles. The Hall–Kier alpha value is -2.84. The highest BCUT2D eigenvalue weighted by molar-refractivity contribution is 6.04. The fraction of sp³-hybridized carbons (Fsp3) is 0.263. The van der Waals surface area contributed by atoms with Gasteiger partial charge < -0.3 is 20.1 Å². The van der Waals surface area contributed by atoms with Crippen LogP contribution in [-0.4, -0.2) is 48.1 Å². The van der Waals surface area contributed by atoms with Gasteiger partial charge in [-0.25, -0.2) is 8.78 Å². The molecule has 0 aliphatic carbocycles. The van der Waals surface area contributed by atoms with Gasteiger partial charge in [0.05, 0.1) is 12.6 Å². The molecule has 8 heteroatoms. The van der Waals surface area contributed by atoms with E-state index in [0.717, 1.165) is 17.7 Å². The molecule has 1 aliphatic heterocycles. The molecule has 1 heterocycles. The van der Waals surface area contributed by atoms with Crippen LogP contribution in [0.15, 0.2) is 42.5 Å². The Bertz CT molecular complexity index is 837. The van der Waals surface area contributed by atoms with Gasteiger partial charge in [-0.1, -0.05) is 12.1 Å². The maximum atomic E-state index is 13.2. The SMILES string of the molecule is CN1C(=O)COC(c2ccc(NC(=O)c3cc(F)cc(F)c3)cc2)C1CO. The van der Waals surface area contributed by atoms with E-state index in [4.69, 9.17) is 4.74 Å². The molecule has 0 bridgehead atoms. The van der Waals surface area contributed by atoms with Crippen molar-refractivity contribution in [2.75, 3.05) is 25.6 Å². The number of carbonyl (C=O) groups is 2. The van der Waals surface area contributed by atoms with Gasteiger partial charge in [0, 0.05) is 24.4 Å². The average molecular weight is 376 g/mol. The van der Waals surface area contributed by atoms with Crippen LogP contribution in [0.4, 0.5) is 14.5 Å². The number of nitrogens with zero attached hydrogens (tertiary/aromatic N) is 1. The quantitative estimate of drug-likeness (QED) is 0.857. The average Bonchev–Trinajstić information content (AvgIpc) is 2.64. The second-order valence-electron chi connectivity index (χ2n) is 6.22. The molecule has 2 atom stereocenters. The third kappa shape index (κ3) is 4.12. The van der Waals surface area contributed by atoms with Gasteiger partial charge in [-0.2, -0.15) is 0 Å². The zero-order chi connectivity index (χ0) is 19.6. The summed E-state index contributed by atoms with van der Waals surface area (Å²) >= 11 is 0. The second kappa shape index (κ2) is 7.81. The van der Waals surface area contributed by atoms with E-state index in [1.54, 1.807) is 31.3 Å². The van der Waals surface area contributed by atoms with E-state index < -0.39 is 29.7 Å². The van der Waals surface area contributed by atoms with Gasteiger partial charge in [0.15, 0.2) is 0 Å². The summed E-state index contributed by atoms with van der Waals surface area (Å²) in [4.78, 5) is 25.3. The Morgan fingerprint density at radius 3 is 2.44 bits per heavy atom. The van der Waals surface area contributed by atoms with Crippen molar-refractivity contribution in [1.29, 1.82) is 0 Å². The number of hydrogen-bond acceptors (Lipinski definition) is 4. The number of likely N-dealkylation sites (N-methyl/N-ethyl adjacent to an activating group) is 1. The number of ether oxygens (including phenoxy) is 1. The normalized spacial score (nSPS) is 19.9. The van der Waals surface area contributed by atoms with Gasteiger partial charge in [0.2, 0.25) is 5.91 Å². The zero-order valence-electron chi connectivity index (χ0n) is 14.5. The van der Waals surface area contributed by atoms with Crippen molar-refractivity contribution >= 4 is 17.5 Å². The summed E-state index contributed by atoms with van der Waals surface area (Å²) in [5.41, 5.74) is 1.02. The second-order valence-corrected chi connectivity index (χ2v) is 6.22. The van der Waals surface area contributed by atoms with Crippen molar-refractivity contribution in [2.45, 2.75) is 12.1 Å². The van der Waals surface area contributed by atoms with Gasteiger partial charge in [0.1, 0.15) is 24.3 Å². The number of nitrogens with one attached hydrogen (secondary N) is 1. The lowest BCUT2D eigenvalue weighted by molar-refractivity contribution is -0.157. The van der Waals surface area contributed by atoms with Gasteiger partial charge >= 0.3 is 0 Å². The van der Waals surface area contributed by atoms with Crippen molar-refractivity contribution in [3.63, 3.8) is 0 Å². The maximum Gasteiger partial charge on any atom is 0.255 e. The number of aliphatic hydroxyl groups excluding tert-OH is 1. The molecule has 1 fully saturated rings. The monoisotopic (exact) mass is 376 g/mol. The Labute approximate surface area is 154 Å². The zero-order valence-corrected chi connectivity index (χ0v) is 14.5. The molecule has 1 aliphatic rings. The van der Waals surface area contributed by atoms with Gasteiger partial charge in [-0.05, 0) is 29.8 Å². The molecule has 0 spiro atoms. The minimum absolute atomic E-state index is 0.0821. The lowest BCUT2D eigenvalue weighted by atomic mass is 9.99. The van der Waals surface area contributed by atoms with Crippen LogP contribution in [-0.2, 0) is 9.53 Å². The molecule has 2 aromatic rings. The van der Waals surface area contributed by atoms with Gasteiger partial charge in [-0.3, -0.25) is 9.59 Å². The standard InChI is InChI=1S/C19H18F2N2O4/c1-23-16(9-24)18(27-10-17(23)25)11-2-4-15(5-3-11)22-19(26)12-6-13(20)8-14(21)7-12/h2-8,16,18,24H,9-10H2,1H3,(H,22,26). The molecule has 2 amide bonds. The first-order chi connectivity index (χ1) is 12.9. The third-order valence-corrected chi connectivity index (χ3v) is 4.44. The minimum atomic E-state index is -0.835. The molecule has 142 valence electrons. The molecule has 3 rings (SSSR count). The molecule has 2 N–H and O–H groups in total. The highest BCUT2D eigenvalue weighted by Gasteiger charge is 2.34. The summed E-state index contributed by atoms with van der Waals surface area (Å²) in [5.74, 6) is -2.53. The predicted octanol–water partition coefficient (Wildman–Crippen LogP) is 2.11. The smallest absolute Gasteiger partial charge is 0.255 e. The Morgan fingerprint density at radius 2 is 1.85 bits per heavy atom. The van der Waals surface area contributed by atoms with Crippen LogP contribution >= 0.6 is 0 Å². The van der Waals surface area contributed by atoms with Crippen molar-refractivity contribution in [3.8, 4) is 0 Å². The molecule has 2 unspecified atom stereocenters. The number of halogens is 2. The number of morpholine rings is 1. The summed E-state index contributed by atoms with van der Waals surface area (Å²) in [5, 5.41) is 12.1. The third-order valence-electron chi connectivity index (χ3n) is 4.44. The van der Waals surface area contributed by atoms with Crippen LogP contribution in [0.3, 0.4) is 0 Å². The number of benzene rings is 2. The molecule has 6 nitrogen and oxygen atoms in total. The topological polar surface area (TPSA) is 78.9 Å². The van der Waals surface area contributed by atoms with Crippen LogP contribution in [0.25, 0.3) is 0 Å². The summed E-state index contributed by atoms with van der Waals surface area (Å²) in [6.07, 6.45) is -0.500. The molecular formula is C19H18F2N2O4. The molecule has 0 aromatic heterocycles. The molecular weight excluding hydrogens is 358 g/mol. The van der Waals surface area contributed by atoms with E-state index in [2.05, 4.69) is 5.32 Å². The van der Waals surface area contributed by atoms with Crippen LogP contribution < -0.4 is 5.32 Å². The van der Waals surface area contributed by atoms with Crippen LogP contribution in [0, 0.1) is 11.6 Å². The largest absolute Gasteiger partial charge is 0.394 e. The molecule has 0 radical (unpaired) electrons. The van der Waals surface area contributed by atoms with Crippen molar-refractivity contribution in [3.05, 3.63) is 65.2 Å². The number of rotatable bonds is 4. The van der Waals surface area contributed by atoms with E-state index in [9.17, 15) is 23.5 Å². The summed E-state index contributed by atoms with van der Waals surface area (Å²) < 4.78 is 32.0. The minimum Gasteiger partial charge on any atom is -0.394 e. The van der Waals surface area contributed by atoms with Crippen LogP contribution in [0.1, 0.15) is 22.0 Å². The maximum absolute atomic E-state index is 13.2. The van der Waals surface area contributed by atoms with Crippen molar-refractivity contribution in [1.82, 2.24) is 4.90 Å². The Morgan fingerprint density at radius 1 is 1.22 bits per heavy atom. The summed E-state index contributed by atoms with van der Waals surface area (Å²) in [7, 11) is 1.60. The van der Waals surface area contributed by atoms with E-state index in [1.807, 2.05) is 0 Å². The lowest BCUT2D eigenvalue weighted by Crippen LogP contribution is -2.50. The van der Waals surface area contributed by atoms with Crippen molar-refractivity contribution < 1.29 is 28.2 Å². The fourth-order valence-electron chi connectivity index (χ4n) is 2.94. The first kappa shape index (κ1) is 18.9. The first-order valence-electron chi connectivity index (χ1n) is 8.24. The Kier molecular flexibility index (Phi) is 5.48. The summed E-state index contributed by atoms with van der Waals surface area (Å²) in [6, 6.07) is 8.67. The molecule has 2 aromatic carbocycles. The van der Waals surface area contributed by atoms with Gasteiger partial charge in [-0.15, -0.1) is 0 Å². The summed E-state index contributed by atoms with van der Waals surface area (Å²) in [6.45, 7) is -0.335. The van der Waals surface area contributed by atoms with Crippen LogP contribution in [0.2, 0.25) is 0 Å². The van der Waals surface area contributed by atoms with E-state index in [0.29, 0.717) is 11.8 Å².